The van der Waals surface area contributed by atoms with Crippen molar-refractivity contribution in [1.82, 2.24) is 0 Å². The Labute approximate surface area is 149 Å². The largest absolute Gasteiger partial charge is 0.463 e. The van der Waals surface area contributed by atoms with Gasteiger partial charge in [-0.3, -0.25) is 4.79 Å². The molecule has 0 fully saturated rings. The van der Waals surface area contributed by atoms with Gasteiger partial charge in [-0.15, -0.1) is 0 Å². The fourth-order valence-corrected chi connectivity index (χ4v) is 2.75. The van der Waals surface area contributed by atoms with E-state index in [0.29, 0.717) is 11.0 Å². The summed E-state index contributed by atoms with van der Waals surface area (Å²) in [6.07, 6.45) is 2.73. The van der Waals surface area contributed by atoms with E-state index in [0.717, 1.165) is 16.7 Å². The highest BCUT2D eigenvalue weighted by Gasteiger charge is 2.25. The molecule has 0 saturated carbocycles. The summed E-state index contributed by atoms with van der Waals surface area (Å²) in [6.45, 7) is 3.99. The highest BCUT2D eigenvalue weighted by molar-refractivity contribution is 6.13. The zero-order valence-electron chi connectivity index (χ0n) is 14.3. The molecule has 2 heterocycles. The van der Waals surface area contributed by atoms with Crippen LogP contribution in [0, 0.1) is 13.8 Å². The lowest BCUT2D eigenvalue weighted by Crippen LogP contribution is -2.07. The summed E-state index contributed by atoms with van der Waals surface area (Å²) in [7, 11) is 0. The van der Waals surface area contributed by atoms with Gasteiger partial charge in [0.25, 0.3) is 0 Å². The lowest BCUT2D eigenvalue weighted by atomic mass is 10.1. The predicted octanol–water partition coefficient (Wildman–Crippen LogP) is 3.75. The van der Waals surface area contributed by atoms with Crippen LogP contribution in [-0.4, -0.2) is 11.9 Å². The van der Waals surface area contributed by atoms with Crippen molar-refractivity contribution in [1.29, 1.82) is 0 Å². The molecule has 0 unspecified atom stereocenters. The quantitative estimate of drug-likeness (QED) is 0.524. The molecule has 4 rings (SSSR count). The van der Waals surface area contributed by atoms with Crippen LogP contribution in [-0.2, 0) is 9.53 Å². The Morgan fingerprint density at radius 3 is 2.62 bits per heavy atom. The molecule has 0 aliphatic carbocycles. The van der Waals surface area contributed by atoms with Gasteiger partial charge in [-0.05, 0) is 55.3 Å². The minimum absolute atomic E-state index is 0.0702. The first-order valence-corrected chi connectivity index (χ1v) is 8.13. The van der Waals surface area contributed by atoms with Crippen molar-refractivity contribution in [2.75, 3.05) is 0 Å². The molecule has 128 valence electrons. The van der Waals surface area contributed by atoms with E-state index in [-0.39, 0.29) is 22.6 Å². The number of aryl methyl sites for hydroxylation is 2. The highest BCUT2D eigenvalue weighted by Crippen LogP contribution is 2.21. The fourth-order valence-electron chi connectivity index (χ4n) is 2.75. The lowest BCUT2D eigenvalue weighted by molar-refractivity contribution is -0.129. The topological polar surface area (TPSA) is 68.9 Å². The van der Waals surface area contributed by atoms with Gasteiger partial charge in [0, 0.05) is 5.56 Å². The summed E-state index contributed by atoms with van der Waals surface area (Å²) in [6, 6.07) is 12.7. The molecular formula is C21H15NO4. The van der Waals surface area contributed by atoms with Gasteiger partial charge >= 0.3 is 5.97 Å². The van der Waals surface area contributed by atoms with Crippen LogP contribution < -0.4 is 5.43 Å². The standard InChI is InChI=1S/C21H15NO4/c1-12-7-8-14(9-13(12)2)20-22-17(21(24)26-20)10-15-11-25-18-6-4-3-5-16(18)19(15)23/h3-11H,1-2H3/b17-10+. The van der Waals surface area contributed by atoms with E-state index in [2.05, 4.69) is 4.99 Å². The number of cyclic esters (lactones) is 1. The maximum atomic E-state index is 12.6. The van der Waals surface area contributed by atoms with Crippen LogP contribution in [0.3, 0.4) is 0 Å². The molecule has 0 spiro atoms. The van der Waals surface area contributed by atoms with E-state index in [9.17, 15) is 9.59 Å². The van der Waals surface area contributed by atoms with Gasteiger partial charge in [-0.2, -0.15) is 0 Å². The summed E-state index contributed by atoms with van der Waals surface area (Å²) >= 11 is 0. The molecule has 1 aliphatic rings. The van der Waals surface area contributed by atoms with Crippen LogP contribution >= 0.6 is 0 Å². The Morgan fingerprint density at radius 2 is 1.81 bits per heavy atom. The zero-order valence-corrected chi connectivity index (χ0v) is 14.3. The molecule has 0 radical (unpaired) electrons. The number of rotatable bonds is 2. The minimum Gasteiger partial charge on any atom is -0.463 e. The second-order valence-corrected chi connectivity index (χ2v) is 6.15. The molecule has 0 atom stereocenters. The van der Waals surface area contributed by atoms with Gasteiger partial charge in [0.1, 0.15) is 11.8 Å². The van der Waals surface area contributed by atoms with Gasteiger partial charge < -0.3 is 9.15 Å². The molecule has 0 N–H and O–H groups in total. The Bertz CT molecular complexity index is 1170. The van der Waals surface area contributed by atoms with Crippen LogP contribution in [0.2, 0.25) is 0 Å². The summed E-state index contributed by atoms with van der Waals surface area (Å²) < 4.78 is 10.7. The number of benzene rings is 2. The molecule has 26 heavy (non-hydrogen) atoms. The molecule has 1 aliphatic heterocycles. The van der Waals surface area contributed by atoms with Gasteiger partial charge in [0.2, 0.25) is 5.90 Å². The molecule has 2 aromatic carbocycles. The number of carbonyl (C=O) groups is 1. The smallest absolute Gasteiger partial charge is 0.363 e. The number of carbonyl (C=O) groups excluding carboxylic acids is 1. The monoisotopic (exact) mass is 345 g/mol. The van der Waals surface area contributed by atoms with E-state index < -0.39 is 5.97 Å². The first-order valence-electron chi connectivity index (χ1n) is 8.13. The van der Waals surface area contributed by atoms with Gasteiger partial charge in [-0.25, -0.2) is 9.79 Å². The second kappa shape index (κ2) is 6.11. The highest BCUT2D eigenvalue weighted by atomic mass is 16.6. The number of fused-ring (bicyclic) bond motifs is 1. The summed E-state index contributed by atoms with van der Waals surface area (Å²) in [5.41, 5.74) is 3.53. The lowest BCUT2D eigenvalue weighted by Gasteiger charge is -2.03. The maximum absolute atomic E-state index is 12.6. The number of para-hydroxylation sites is 1. The van der Waals surface area contributed by atoms with Crippen LogP contribution in [0.4, 0.5) is 0 Å². The first kappa shape index (κ1) is 16.0. The third-order valence-corrected chi connectivity index (χ3v) is 4.37. The third-order valence-electron chi connectivity index (χ3n) is 4.37. The molecule has 5 nitrogen and oxygen atoms in total. The zero-order chi connectivity index (χ0) is 18.3. The van der Waals surface area contributed by atoms with Crippen molar-refractivity contribution >= 4 is 28.9 Å². The van der Waals surface area contributed by atoms with Gasteiger partial charge in [0.15, 0.2) is 11.1 Å². The Hall–Kier alpha value is -3.47. The molecule has 0 bridgehead atoms. The Balaban J connectivity index is 1.77. The molecular weight excluding hydrogens is 330 g/mol. The average Bonchev–Trinajstić information content (AvgIpc) is 3.00. The van der Waals surface area contributed by atoms with Crippen LogP contribution in [0.1, 0.15) is 22.3 Å². The number of nitrogens with zero attached hydrogens (tertiary/aromatic N) is 1. The third kappa shape index (κ3) is 2.73. The summed E-state index contributed by atoms with van der Waals surface area (Å²) in [4.78, 5) is 29.0. The van der Waals surface area contributed by atoms with Crippen molar-refractivity contribution in [3.8, 4) is 0 Å². The fraction of sp³-hybridized carbons (Fsp3) is 0.0952. The molecule has 1 aromatic heterocycles. The number of aliphatic imine (C=N–C) groups is 1. The number of hydrogen-bond acceptors (Lipinski definition) is 5. The number of ether oxygens (including phenoxy) is 1. The molecule has 3 aromatic rings. The van der Waals surface area contributed by atoms with Crippen molar-refractivity contribution < 1.29 is 13.9 Å². The van der Waals surface area contributed by atoms with Crippen LogP contribution in [0.25, 0.3) is 17.0 Å². The van der Waals surface area contributed by atoms with E-state index in [1.807, 2.05) is 32.0 Å². The maximum Gasteiger partial charge on any atom is 0.363 e. The molecule has 0 saturated heterocycles. The van der Waals surface area contributed by atoms with E-state index >= 15 is 0 Å². The minimum atomic E-state index is -0.592. The predicted molar refractivity (Wildman–Crippen MR) is 99.0 cm³/mol. The van der Waals surface area contributed by atoms with E-state index in [1.54, 1.807) is 24.3 Å². The summed E-state index contributed by atoms with van der Waals surface area (Å²) in [5, 5.41) is 0.451. The first-order chi connectivity index (χ1) is 12.5. The van der Waals surface area contributed by atoms with Crippen molar-refractivity contribution in [2.45, 2.75) is 13.8 Å². The normalized spacial score (nSPS) is 15.4. The van der Waals surface area contributed by atoms with Crippen molar-refractivity contribution in [3.63, 3.8) is 0 Å². The van der Waals surface area contributed by atoms with Gasteiger partial charge in [-0.1, -0.05) is 18.2 Å². The molecule has 0 amide bonds. The second-order valence-electron chi connectivity index (χ2n) is 6.15. The van der Waals surface area contributed by atoms with Crippen molar-refractivity contribution in [2.24, 2.45) is 4.99 Å². The average molecular weight is 345 g/mol. The Morgan fingerprint density at radius 1 is 1.00 bits per heavy atom. The summed E-state index contributed by atoms with van der Waals surface area (Å²) in [5.74, 6) is -0.361. The number of esters is 1. The van der Waals surface area contributed by atoms with E-state index in [1.165, 1.54) is 12.3 Å². The van der Waals surface area contributed by atoms with Gasteiger partial charge in [0.05, 0.1) is 10.9 Å². The Kier molecular flexibility index (Phi) is 3.77. The van der Waals surface area contributed by atoms with Crippen molar-refractivity contribution in [3.05, 3.63) is 86.9 Å². The molecule has 5 heteroatoms. The van der Waals surface area contributed by atoms with E-state index in [4.69, 9.17) is 9.15 Å². The van der Waals surface area contributed by atoms with Crippen LogP contribution in [0.15, 0.2) is 68.6 Å². The number of hydrogen-bond donors (Lipinski definition) is 0. The van der Waals surface area contributed by atoms with Crippen LogP contribution in [0.5, 0.6) is 0 Å². The SMILES string of the molecule is Cc1ccc(C2=N/C(=C/c3coc4ccccc4c3=O)C(=O)O2)cc1C.